The lowest BCUT2D eigenvalue weighted by atomic mass is 10.1. The molecule has 1 aromatic heterocycles. The van der Waals surface area contributed by atoms with Crippen molar-refractivity contribution in [3.63, 3.8) is 0 Å². The van der Waals surface area contributed by atoms with E-state index in [0.717, 1.165) is 4.70 Å². The predicted molar refractivity (Wildman–Crippen MR) is 120 cm³/mol. The first kappa shape index (κ1) is 21.3. The molecule has 0 saturated carbocycles. The first-order valence-electron chi connectivity index (χ1n) is 9.55. The quantitative estimate of drug-likeness (QED) is 0.341. The average Bonchev–Trinajstić information content (AvgIpc) is 3.23. The van der Waals surface area contributed by atoms with Crippen LogP contribution in [0, 0.1) is 20.2 Å². The lowest BCUT2D eigenvalue weighted by Gasteiger charge is -2.28. The number of nitro benzene ring substituents is 2. The molecule has 11 nitrogen and oxygen atoms in total. The minimum atomic E-state index is -0.495. The number of amides is 1. The van der Waals surface area contributed by atoms with E-state index in [9.17, 15) is 25.0 Å². The van der Waals surface area contributed by atoms with Crippen LogP contribution in [-0.2, 0) is 4.74 Å². The summed E-state index contributed by atoms with van der Waals surface area (Å²) in [7, 11) is 0. The molecule has 164 valence electrons. The summed E-state index contributed by atoms with van der Waals surface area (Å²) < 4.78 is 6.03. The van der Waals surface area contributed by atoms with Crippen LogP contribution < -0.4 is 10.3 Å². The van der Waals surface area contributed by atoms with Gasteiger partial charge >= 0.3 is 0 Å². The van der Waals surface area contributed by atoms with Crippen molar-refractivity contribution >= 4 is 50.6 Å². The standard InChI is InChI=1S/C20H17N5O6S/c26-20(19-11-14-10-15(24(27)28)2-4-18(14)32-19)22-21-12-13-1-3-16(17(9-13)25(29)30)23-5-7-31-8-6-23/h1-4,9-12H,5-8H2,(H,22,26)/b21-12-. The van der Waals surface area contributed by atoms with Crippen LogP contribution in [-0.4, -0.2) is 48.3 Å². The van der Waals surface area contributed by atoms with E-state index >= 15 is 0 Å². The molecule has 4 rings (SSSR count). The molecule has 1 amide bonds. The zero-order valence-electron chi connectivity index (χ0n) is 16.6. The predicted octanol–water partition coefficient (Wildman–Crippen LogP) is 3.32. The van der Waals surface area contributed by atoms with E-state index in [1.54, 1.807) is 24.3 Å². The van der Waals surface area contributed by atoms with E-state index in [0.29, 0.717) is 47.8 Å². The van der Waals surface area contributed by atoms with Crippen molar-refractivity contribution in [2.45, 2.75) is 0 Å². The van der Waals surface area contributed by atoms with Gasteiger partial charge in [0.15, 0.2) is 0 Å². The monoisotopic (exact) mass is 455 g/mol. The number of benzene rings is 2. The number of fused-ring (bicyclic) bond motifs is 1. The van der Waals surface area contributed by atoms with Crippen LogP contribution in [0.15, 0.2) is 47.6 Å². The topological polar surface area (TPSA) is 140 Å². The Kier molecular flexibility index (Phi) is 6.05. The molecule has 2 heterocycles. The van der Waals surface area contributed by atoms with Gasteiger partial charge in [-0.05, 0) is 18.2 Å². The summed E-state index contributed by atoms with van der Waals surface area (Å²) in [5.74, 6) is -0.482. The fraction of sp³-hybridized carbons (Fsp3) is 0.200. The number of carbonyl (C=O) groups is 1. The molecule has 0 bridgehead atoms. The number of nitro groups is 2. The van der Waals surface area contributed by atoms with Crippen LogP contribution >= 0.6 is 11.3 Å². The van der Waals surface area contributed by atoms with Gasteiger partial charge < -0.3 is 9.64 Å². The molecule has 1 N–H and O–H groups in total. The van der Waals surface area contributed by atoms with Gasteiger partial charge in [0.1, 0.15) is 5.69 Å². The highest BCUT2D eigenvalue weighted by Gasteiger charge is 2.21. The zero-order chi connectivity index (χ0) is 22.7. The number of hydrogen-bond acceptors (Lipinski definition) is 9. The third kappa shape index (κ3) is 4.55. The highest BCUT2D eigenvalue weighted by Crippen LogP contribution is 2.30. The van der Waals surface area contributed by atoms with E-state index in [4.69, 9.17) is 4.74 Å². The number of hydrogen-bond donors (Lipinski definition) is 1. The third-order valence-corrected chi connectivity index (χ3v) is 5.98. The molecule has 1 fully saturated rings. The number of morpholine rings is 1. The number of nitrogens with zero attached hydrogens (tertiary/aromatic N) is 4. The summed E-state index contributed by atoms with van der Waals surface area (Å²) in [6.07, 6.45) is 1.33. The van der Waals surface area contributed by atoms with Crippen LogP contribution in [0.25, 0.3) is 10.1 Å². The van der Waals surface area contributed by atoms with E-state index in [1.807, 2.05) is 4.90 Å². The average molecular weight is 455 g/mol. The van der Waals surface area contributed by atoms with Crippen LogP contribution in [0.1, 0.15) is 15.2 Å². The first-order chi connectivity index (χ1) is 15.4. The summed E-state index contributed by atoms with van der Waals surface area (Å²) in [4.78, 5) is 36.1. The van der Waals surface area contributed by atoms with Gasteiger partial charge in [-0.25, -0.2) is 5.43 Å². The lowest BCUT2D eigenvalue weighted by Crippen LogP contribution is -2.36. The number of rotatable bonds is 6. The molecule has 0 radical (unpaired) electrons. The number of anilines is 1. The summed E-state index contributed by atoms with van der Waals surface area (Å²) in [6.45, 7) is 2.17. The molecule has 0 spiro atoms. The van der Waals surface area contributed by atoms with Gasteiger partial charge in [0, 0.05) is 46.9 Å². The van der Waals surface area contributed by atoms with Gasteiger partial charge in [-0.3, -0.25) is 25.0 Å². The molecule has 1 aliphatic heterocycles. The maximum atomic E-state index is 12.4. The molecule has 0 atom stereocenters. The maximum Gasteiger partial charge on any atom is 0.293 e. The molecule has 0 unspecified atom stereocenters. The minimum Gasteiger partial charge on any atom is -0.378 e. The smallest absolute Gasteiger partial charge is 0.293 e. The van der Waals surface area contributed by atoms with E-state index < -0.39 is 15.8 Å². The van der Waals surface area contributed by atoms with Crippen molar-refractivity contribution in [2.75, 3.05) is 31.2 Å². The first-order valence-corrected chi connectivity index (χ1v) is 10.4. The molecule has 3 aromatic rings. The Balaban J connectivity index is 1.48. The number of ether oxygens (including phenoxy) is 1. The second-order valence-electron chi connectivity index (χ2n) is 6.89. The van der Waals surface area contributed by atoms with Crippen molar-refractivity contribution < 1.29 is 19.4 Å². The third-order valence-electron chi connectivity index (χ3n) is 4.86. The van der Waals surface area contributed by atoms with Crippen LogP contribution in [0.3, 0.4) is 0 Å². The highest BCUT2D eigenvalue weighted by atomic mass is 32.1. The Labute approximate surface area is 185 Å². The Morgan fingerprint density at radius 3 is 2.59 bits per heavy atom. The van der Waals surface area contributed by atoms with Crippen LogP contribution in [0.5, 0.6) is 0 Å². The Bertz CT molecular complexity index is 1230. The number of nitrogens with one attached hydrogen (secondary N) is 1. The lowest BCUT2D eigenvalue weighted by molar-refractivity contribution is -0.384. The Morgan fingerprint density at radius 1 is 1.09 bits per heavy atom. The summed E-state index contributed by atoms with van der Waals surface area (Å²) in [5, 5.41) is 26.9. The van der Waals surface area contributed by atoms with Crippen molar-refractivity contribution in [3.05, 3.63) is 73.1 Å². The largest absolute Gasteiger partial charge is 0.378 e. The molecular formula is C20H17N5O6S. The van der Waals surface area contributed by atoms with Crippen molar-refractivity contribution in [3.8, 4) is 0 Å². The number of hydrazone groups is 1. The molecule has 32 heavy (non-hydrogen) atoms. The fourth-order valence-electron chi connectivity index (χ4n) is 3.32. The number of thiophene rings is 1. The van der Waals surface area contributed by atoms with Gasteiger partial charge in [-0.15, -0.1) is 11.3 Å². The summed E-state index contributed by atoms with van der Waals surface area (Å²) >= 11 is 1.18. The van der Waals surface area contributed by atoms with Gasteiger partial charge in [0.2, 0.25) is 0 Å². The number of non-ortho nitro benzene ring substituents is 1. The second-order valence-corrected chi connectivity index (χ2v) is 7.98. The van der Waals surface area contributed by atoms with Crippen LogP contribution in [0.4, 0.5) is 17.1 Å². The fourth-order valence-corrected chi connectivity index (χ4v) is 4.25. The van der Waals surface area contributed by atoms with Crippen LogP contribution in [0.2, 0.25) is 0 Å². The normalized spacial score (nSPS) is 14.1. The maximum absolute atomic E-state index is 12.4. The van der Waals surface area contributed by atoms with Gasteiger partial charge in [-0.2, -0.15) is 5.10 Å². The van der Waals surface area contributed by atoms with Gasteiger partial charge in [-0.1, -0.05) is 6.07 Å². The minimum absolute atomic E-state index is 0.0479. The number of carbonyl (C=O) groups excluding carboxylic acids is 1. The highest BCUT2D eigenvalue weighted by molar-refractivity contribution is 7.20. The zero-order valence-corrected chi connectivity index (χ0v) is 17.4. The molecule has 1 saturated heterocycles. The van der Waals surface area contributed by atoms with Gasteiger partial charge in [0.25, 0.3) is 17.3 Å². The summed E-state index contributed by atoms with van der Waals surface area (Å²) in [6, 6.07) is 10.7. The Morgan fingerprint density at radius 2 is 1.88 bits per heavy atom. The Hall–Kier alpha value is -3.90. The van der Waals surface area contributed by atoms with E-state index in [2.05, 4.69) is 10.5 Å². The SMILES string of the molecule is O=C(N/N=C\c1ccc(N2CCOCC2)c([N+](=O)[O-])c1)c1cc2cc([N+](=O)[O-])ccc2s1. The molecular weight excluding hydrogens is 438 g/mol. The van der Waals surface area contributed by atoms with E-state index in [1.165, 1.54) is 35.8 Å². The molecule has 2 aromatic carbocycles. The van der Waals surface area contributed by atoms with E-state index in [-0.39, 0.29) is 11.4 Å². The molecule has 0 aliphatic carbocycles. The molecule has 1 aliphatic rings. The van der Waals surface area contributed by atoms with Crippen molar-refractivity contribution in [1.29, 1.82) is 0 Å². The van der Waals surface area contributed by atoms with Crippen molar-refractivity contribution in [2.24, 2.45) is 5.10 Å². The molecule has 12 heteroatoms. The van der Waals surface area contributed by atoms with Crippen molar-refractivity contribution in [1.82, 2.24) is 5.43 Å². The second kappa shape index (κ2) is 9.08. The summed E-state index contributed by atoms with van der Waals surface area (Å²) in [5.41, 5.74) is 3.25. The van der Waals surface area contributed by atoms with Gasteiger partial charge in [0.05, 0.1) is 34.2 Å².